The minimum absolute atomic E-state index is 0.176. The Kier molecular flexibility index (Phi) is 5.99. The van der Waals surface area contributed by atoms with Crippen molar-refractivity contribution in [1.29, 1.82) is 0 Å². The summed E-state index contributed by atoms with van der Waals surface area (Å²) in [6.45, 7) is 4.10. The first-order valence-corrected chi connectivity index (χ1v) is 10.4. The van der Waals surface area contributed by atoms with E-state index in [9.17, 15) is 4.79 Å². The summed E-state index contributed by atoms with van der Waals surface area (Å²) in [7, 11) is 1.42. The molecule has 0 bridgehead atoms. The summed E-state index contributed by atoms with van der Waals surface area (Å²) in [6, 6.07) is 25.5. The standard InChI is InChI=1S/C27H26N2O2/c1-18-14-15-24-22(16-18)23(17-28-24)19(2)25(27(30)31-3)29-26(20-10-6-4-7-11-20)21-12-8-5-9-13-21/h4-17,19,25,28H,1-3H3. The number of hydrogen-bond acceptors (Lipinski definition) is 3. The highest BCUT2D eigenvalue weighted by atomic mass is 16.5. The summed E-state index contributed by atoms with van der Waals surface area (Å²) in [4.78, 5) is 21.2. The second-order valence-electron chi connectivity index (χ2n) is 7.76. The smallest absolute Gasteiger partial charge is 0.331 e. The Bertz CT molecular complexity index is 1170. The maximum Gasteiger partial charge on any atom is 0.331 e. The Morgan fingerprint density at radius 3 is 2.13 bits per heavy atom. The summed E-state index contributed by atoms with van der Waals surface area (Å²) >= 11 is 0. The number of nitrogens with zero attached hydrogens (tertiary/aromatic N) is 1. The molecule has 0 aliphatic rings. The molecule has 2 unspecified atom stereocenters. The van der Waals surface area contributed by atoms with Crippen LogP contribution in [0.2, 0.25) is 0 Å². The molecule has 3 aromatic carbocycles. The van der Waals surface area contributed by atoms with Crippen molar-refractivity contribution in [3.8, 4) is 0 Å². The molecule has 0 fully saturated rings. The molecule has 0 radical (unpaired) electrons. The van der Waals surface area contributed by atoms with Crippen LogP contribution >= 0.6 is 0 Å². The van der Waals surface area contributed by atoms with Crippen molar-refractivity contribution in [1.82, 2.24) is 4.98 Å². The van der Waals surface area contributed by atoms with Gasteiger partial charge in [-0.1, -0.05) is 79.2 Å². The topological polar surface area (TPSA) is 54.4 Å². The highest BCUT2D eigenvalue weighted by Crippen LogP contribution is 2.31. The highest BCUT2D eigenvalue weighted by molar-refractivity contribution is 6.13. The molecule has 156 valence electrons. The molecule has 1 heterocycles. The van der Waals surface area contributed by atoms with Crippen molar-refractivity contribution in [3.63, 3.8) is 0 Å². The molecule has 4 aromatic rings. The molecule has 31 heavy (non-hydrogen) atoms. The van der Waals surface area contributed by atoms with Crippen molar-refractivity contribution in [2.45, 2.75) is 25.8 Å². The number of aromatic amines is 1. The second-order valence-corrected chi connectivity index (χ2v) is 7.76. The first-order valence-electron chi connectivity index (χ1n) is 10.4. The van der Waals surface area contributed by atoms with E-state index < -0.39 is 6.04 Å². The molecule has 4 heteroatoms. The third-order valence-corrected chi connectivity index (χ3v) is 5.64. The zero-order chi connectivity index (χ0) is 21.8. The van der Waals surface area contributed by atoms with Gasteiger partial charge in [-0.15, -0.1) is 0 Å². The number of hydrogen-bond donors (Lipinski definition) is 1. The average Bonchev–Trinajstić information content (AvgIpc) is 3.23. The molecule has 2 atom stereocenters. The maximum atomic E-state index is 12.9. The zero-order valence-electron chi connectivity index (χ0n) is 18.0. The Morgan fingerprint density at radius 1 is 0.935 bits per heavy atom. The van der Waals surface area contributed by atoms with Crippen molar-refractivity contribution in [2.24, 2.45) is 4.99 Å². The van der Waals surface area contributed by atoms with Gasteiger partial charge in [0, 0.05) is 34.1 Å². The fourth-order valence-electron chi connectivity index (χ4n) is 3.94. The summed E-state index contributed by atoms with van der Waals surface area (Å²) in [5, 5.41) is 1.11. The van der Waals surface area contributed by atoms with Crippen molar-refractivity contribution < 1.29 is 9.53 Å². The first-order chi connectivity index (χ1) is 15.1. The number of methoxy groups -OCH3 is 1. The fraction of sp³-hybridized carbons (Fsp3) is 0.185. The molecule has 0 amide bonds. The molecule has 0 aliphatic carbocycles. The van der Waals surface area contributed by atoms with Crippen molar-refractivity contribution in [2.75, 3.05) is 7.11 Å². The molecule has 4 nitrogen and oxygen atoms in total. The summed E-state index contributed by atoms with van der Waals surface area (Å²) in [6.07, 6.45) is 1.98. The number of esters is 1. The molecule has 4 rings (SSSR count). The number of aromatic nitrogens is 1. The fourth-order valence-corrected chi connectivity index (χ4v) is 3.94. The minimum Gasteiger partial charge on any atom is -0.467 e. The zero-order valence-corrected chi connectivity index (χ0v) is 18.0. The van der Waals surface area contributed by atoms with Crippen LogP contribution in [0, 0.1) is 6.92 Å². The predicted octanol–water partition coefficient (Wildman–Crippen LogP) is 5.66. The first kappa shape index (κ1) is 20.6. The Morgan fingerprint density at radius 2 is 1.55 bits per heavy atom. The molecule has 1 aromatic heterocycles. The Labute approximate surface area is 182 Å². The summed E-state index contributed by atoms with van der Waals surface area (Å²) in [5.74, 6) is -0.524. The van der Waals surface area contributed by atoms with E-state index in [1.165, 1.54) is 12.7 Å². The van der Waals surface area contributed by atoms with Crippen LogP contribution in [-0.2, 0) is 9.53 Å². The van der Waals surface area contributed by atoms with E-state index in [4.69, 9.17) is 9.73 Å². The van der Waals surface area contributed by atoms with E-state index in [2.05, 4.69) is 30.1 Å². The lowest BCUT2D eigenvalue weighted by atomic mass is 9.92. The molecule has 0 aliphatic heterocycles. The number of carbonyl (C=O) groups excluding carboxylic acids is 1. The van der Waals surface area contributed by atoms with Gasteiger partial charge in [-0.25, -0.2) is 4.79 Å². The van der Waals surface area contributed by atoms with Crippen LogP contribution in [-0.4, -0.2) is 29.8 Å². The largest absolute Gasteiger partial charge is 0.467 e. The monoisotopic (exact) mass is 410 g/mol. The number of H-pyrrole nitrogens is 1. The molecular weight excluding hydrogens is 384 g/mol. The minimum atomic E-state index is -0.681. The van der Waals surface area contributed by atoms with E-state index in [0.717, 1.165) is 33.3 Å². The average molecular weight is 411 g/mol. The molecular formula is C27H26N2O2. The Balaban J connectivity index is 1.85. The van der Waals surface area contributed by atoms with E-state index in [1.54, 1.807) is 0 Å². The maximum absolute atomic E-state index is 12.9. The number of ether oxygens (including phenoxy) is 1. The third kappa shape index (κ3) is 4.29. The van der Waals surface area contributed by atoms with Crippen LogP contribution < -0.4 is 0 Å². The van der Waals surface area contributed by atoms with Gasteiger partial charge in [-0.2, -0.15) is 0 Å². The van der Waals surface area contributed by atoms with Gasteiger partial charge in [-0.05, 0) is 24.6 Å². The second kappa shape index (κ2) is 9.00. The van der Waals surface area contributed by atoms with Crippen LogP contribution in [0.1, 0.15) is 35.1 Å². The lowest BCUT2D eigenvalue weighted by Crippen LogP contribution is -2.28. The molecule has 1 N–H and O–H groups in total. The van der Waals surface area contributed by atoms with Crippen LogP contribution in [0.4, 0.5) is 0 Å². The van der Waals surface area contributed by atoms with Gasteiger partial charge >= 0.3 is 5.97 Å². The Hall–Kier alpha value is -3.66. The van der Waals surface area contributed by atoms with Crippen molar-refractivity contribution in [3.05, 3.63) is 107 Å². The lowest BCUT2D eigenvalue weighted by Gasteiger charge is -2.20. The quantitative estimate of drug-likeness (QED) is 0.329. The summed E-state index contributed by atoms with van der Waals surface area (Å²) in [5.41, 5.74) is 5.98. The number of nitrogens with one attached hydrogen (secondary N) is 1. The highest BCUT2D eigenvalue weighted by Gasteiger charge is 2.29. The van der Waals surface area contributed by atoms with Crippen LogP contribution in [0.15, 0.2) is 90.1 Å². The number of carbonyl (C=O) groups is 1. The molecule has 0 spiro atoms. The summed E-state index contributed by atoms with van der Waals surface area (Å²) < 4.78 is 5.18. The number of aliphatic imine (C=N–C) groups is 1. The van der Waals surface area contributed by atoms with Gasteiger partial charge in [-0.3, -0.25) is 4.99 Å². The molecule has 0 saturated carbocycles. The van der Waals surface area contributed by atoms with E-state index in [1.807, 2.05) is 73.8 Å². The third-order valence-electron chi connectivity index (χ3n) is 5.64. The number of benzene rings is 3. The van der Waals surface area contributed by atoms with E-state index >= 15 is 0 Å². The van der Waals surface area contributed by atoms with E-state index in [-0.39, 0.29) is 11.9 Å². The van der Waals surface area contributed by atoms with E-state index in [0.29, 0.717) is 0 Å². The van der Waals surface area contributed by atoms with Gasteiger partial charge < -0.3 is 9.72 Å². The van der Waals surface area contributed by atoms with Crippen LogP contribution in [0.3, 0.4) is 0 Å². The normalized spacial score (nSPS) is 12.9. The van der Waals surface area contributed by atoms with Gasteiger partial charge in [0.2, 0.25) is 0 Å². The van der Waals surface area contributed by atoms with Gasteiger partial charge in [0.05, 0.1) is 12.8 Å². The lowest BCUT2D eigenvalue weighted by molar-refractivity contribution is -0.142. The predicted molar refractivity (Wildman–Crippen MR) is 126 cm³/mol. The van der Waals surface area contributed by atoms with Gasteiger partial charge in [0.1, 0.15) is 0 Å². The molecule has 0 saturated heterocycles. The van der Waals surface area contributed by atoms with Gasteiger partial charge in [0.25, 0.3) is 0 Å². The van der Waals surface area contributed by atoms with Crippen LogP contribution in [0.25, 0.3) is 10.9 Å². The number of rotatable bonds is 6. The van der Waals surface area contributed by atoms with Crippen LogP contribution in [0.5, 0.6) is 0 Å². The van der Waals surface area contributed by atoms with Gasteiger partial charge in [0.15, 0.2) is 6.04 Å². The van der Waals surface area contributed by atoms with Crippen molar-refractivity contribution >= 4 is 22.6 Å². The number of fused-ring (bicyclic) bond motifs is 1. The number of aryl methyl sites for hydroxylation is 1. The SMILES string of the molecule is COC(=O)C(N=C(c1ccccc1)c1ccccc1)C(C)c1c[nH]c2ccc(C)cc12.